The van der Waals surface area contributed by atoms with E-state index in [1.165, 1.54) is 117 Å². The van der Waals surface area contributed by atoms with Crippen LogP contribution < -0.4 is 9.47 Å². The molecule has 0 saturated carbocycles. The molecule has 0 fully saturated rings. The summed E-state index contributed by atoms with van der Waals surface area (Å²) < 4.78 is 15.6. The first-order chi connectivity index (χ1) is 20.8. The molecule has 0 bridgehead atoms. The molecule has 0 amide bonds. The third-order valence-electron chi connectivity index (χ3n) is 8.62. The minimum absolute atomic E-state index is 0.786. The maximum atomic E-state index is 6.51. The summed E-state index contributed by atoms with van der Waals surface area (Å²) in [6.07, 6.45) is 15.3. The van der Waals surface area contributed by atoms with Crippen molar-refractivity contribution in [3.63, 3.8) is 0 Å². The average Bonchev–Trinajstić information content (AvgIpc) is 3.65. The van der Waals surface area contributed by atoms with E-state index >= 15 is 0 Å². The van der Waals surface area contributed by atoms with Gasteiger partial charge in [-0.2, -0.15) is 0 Å². The average molecular weight is 597 g/mol. The molecule has 4 aromatic carbocycles. The Bertz CT molecular complexity index is 1770. The Labute approximate surface area is 258 Å². The van der Waals surface area contributed by atoms with Crippen LogP contribution >= 0.6 is 22.7 Å². The summed E-state index contributed by atoms with van der Waals surface area (Å²) in [4.78, 5) is 0. The highest BCUT2D eigenvalue weighted by molar-refractivity contribution is 7.22. The molecule has 220 valence electrons. The number of unbranched alkanes of at least 4 members (excludes halogenated alkanes) is 10. The van der Waals surface area contributed by atoms with Gasteiger partial charge in [-0.25, -0.2) is 0 Å². The Morgan fingerprint density at radius 1 is 0.524 bits per heavy atom. The Balaban J connectivity index is 1.39. The van der Waals surface area contributed by atoms with Gasteiger partial charge in [0.15, 0.2) is 5.06 Å². The lowest BCUT2D eigenvalue weighted by Crippen LogP contribution is -1.97. The smallest absolute Gasteiger partial charge is 0.174 e. The van der Waals surface area contributed by atoms with Crippen molar-refractivity contribution in [1.29, 1.82) is 0 Å². The molecule has 0 aliphatic carbocycles. The van der Waals surface area contributed by atoms with E-state index in [-0.39, 0.29) is 0 Å². The minimum atomic E-state index is 0.786. The first kappa shape index (κ1) is 29.3. The van der Waals surface area contributed by atoms with Crippen molar-refractivity contribution < 1.29 is 9.47 Å². The van der Waals surface area contributed by atoms with Gasteiger partial charge in [-0.1, -0.05) is 138 Å². The zero-order valence-corrected chi connectivity index (χ0v) is 26.9. The van der Waals surface area contributed by atoms with E-state index < -0.39 is 0 Å². The predicted octanol–water partition coefficient (Wildman–Crippen LogP) is 13.1. The van der Waals surface area contributed by atoms with Gasteiger partial charge in [0.25, 0.3) is 0 Å². The summed E-state index contributed by atoms with van der Waals surface area (Å²) in [7, 11) is 0. The van der Waals surface area contributed by atoms with E-state index in [0.717, 1.165) is 36.9 Å². The van der Waals surface area contributed by atoms with Crippen molar-refractivity contribution >= 4 is 75.2 Å². The fourth-order valence-corrected chi connectivity index (χ4v) is 8.61. The number of rotatable bonds is 16. The Kier molecular flexibility index (Phi) is 9.82. The molecule has 0 spiro atoms. The second-order valence-corrected chi connectivity index (χ2v) is 13.6. The maximum absolute atomic E-state index is 6.51. The van der Waals surface area contributed by atoms with Crippen LogP contribution in [0.5, 0.6) is 10.8 Å². The monoisotopic (exact) mass is 596 g/mol. The van der Waals surface area contributed by atoms with Gasteiger partial charge in [-0.15, -0.1) is 11.3 Å². The van der Waals surface area contributed by atoms with E-state index in [4.69, 9.17) is 9.47 Å². The van der Waals surface area contributed by atoms with E-state index in [2.05, 4.69) is 73.8 Å². The van der Waals surface area contributed by atoms with Gasteiger partial charge < -0.3 is 9.47 Å². The summed E-state index contributed by atoms with van der Waals surface area (Å²) in [6, 6.07) is 20.2. The zero-order valence-electron chi connectivity index (χ0n) is 25.3. The molecular weight excluding hydrogens is 553 g/mol. The van der Waals surface area contributed by atoms with Crippen LogP contribution in [0.2, 0.25) is 0 Å². The number of thiophene rings is 2. The molecule has 0 atom stereocenters. The molecule has 42 heavy (non-hydrogen) atoms. The number of fused-ring (bicyclic) bond motifs is 11. The molecule has 0 aliphatic rings. The second kappa shape index (κ2) is 14.1. The van der Waals surface area contributed by atoms with Gasteiger partial charge in [0.2, 0.25) is 0 Å². The summed E-state index contributed by atoms with van der Waals surface area (Å²) in [5.74, 6) is 1.04. The molecular formula is C38H44O2S2. The molecule has 0 unspecified atom stereocenters. The van der Waals surface area contributed by atoms with E-state index in [0.29, 0.717) is 0 Å². The molecule has 0 saturated heterocycles. The van der Waals surface area contributed by atoms with Gasteiger partial charge in [0.05, 0.1) is 13.2 Å². The van der Waals surface area contributed by atoms with Crippen LogP contribution in [0.1, 0.15) is 90.9 Å². The SMILES string of the molecule is CCCCCCCCOc1cc2c3ccccc3c3c4scc(OCCCCCCCC)c4c4ccccc4c3c2s1. The lowest BCUT2D eigenvalue weighted by molar-refractivity contribution is 0.309. The molecule has 2 heterocycles. The number of hydrogen-bond acceptors (Lipinski definition) is 4. The fraction of sp³-hybridized carbons (Fsp3) is 0.421. The number of benzene rings is 4. The first-order valence-corrected chi connectivity index (χ1v) is 18.0. The standard InChI is InChI=1S/C38H44O2S2/c1-3-5-7-9-11-17-23-39-32-26-41-38-34(32)29-21-15-16-22-30(29)35-36(38)28-20-14-13-19-27(28)31-25-33(42-37(31)35)40-24-18-12-10-8-6-4-2/h13-16,19-22,25-26H,3-12,17-18,23-24H2,1-2H3. The van der Waals surface area contributed by atoms with Gasteiger partial charge in [0, 0.05) is 42.4 Å². The van der Waals surface area contributed by atoms with Crippen molar-refractivity contribution in [2.45, 2.75) is 90.9 Å². The third-order valence-corrected chi connectivity index (χ3v) is 10.7. The van der Waals surface area contributed by atoms with Crippen LogP contribution in [-0.2, 0) is 0 Å². The highest BCUT2D eigenvalue weighted by Gasteiger charge is 2.21. The molecule has 6 aromatic rings. The van der Waals surface area contributed by atoms with Gasteiger partial charge in [-0.05, 0) is 34.4 Å². The quantitative estimate of drug-likeness (QED) is 0.0817. The molecule has 2 aromatic heterocycles. The van der Waals surface area contributed by atoms with Crippen LogP contribution in [0.3, 0.4) is 0 Å². The molecule has 6 rings (SSSR count). The number of ether oxygens (including phenoxy) is 2. The zero-order chi connectivity index (χ0) is 28.7. The Morgan fingerprint density at radius 2 is 1.05 bits per heavy atom. The van der Waals surface area contributed by atoms with Crippen molar-refractivity contribution in [3.05, 3.63) is 60.0 Å². The van der Waals surface area contributed by atoms with E-state index in [1.54, 1.807) is 0 Å². The Morgan fingerprint density at radius 3 is 1.71 bits per heavy atom. The van der Waals surface area contributed by atoms with Crippen molar-refractivity contribution in [2.24, 2.45) is 0 Å². The summed E-state index contributed by atoms with van der Waals surface area (Å²) >= 11 is 3.66. The molecule has 0 aliphatic heterocycles. The molecule has 0 N–H and O–H groups in total. The minimum Gasteiger partial charge on any atom is -0.492 e. The van der Waals surface area contributed by atoms with Crippen molar-refractivity contribution in [3.8, 4) is 10.8 Å². The van der Waals surface area contributed by atoms with E-state index in [9.17, 15) is 0 Å². The topological polar surface area (TPSA) is 18.5 Å². The number of hydrogen-bond donors (Lipinski definition) is 0. The lowest BCUT2D eigenvalue weighted by Gasteiger charge is -2.13. The van der Waals surface area contributed by atoms with E-state index in [1.807, 2.05) is 22.7 Å². The van der Waals surface area contributed by atoms with Crippen LogP contribution in [0.15, 0.2) is 60.0 Å². The highest BCUT2D eigenvalue weighted by atomic mass is 32.1. The summed E-state index contributed by atoms with van der Waals surface area (Å²) in [5, 5.41) is 13.8. The lowest BCUT2D eigenvalue weighted by atomic mass is 9.93. The first-order valence-electron chi connectivity index (χ1n) is 16.3. The second-order valence-electron chi connectivity index (χ2n) is 11.7. The van der Waals surface area contributed by atoms with Crippen LogP contribution in [-0.4, -0.2) is 13.2 Å². The summed E-state index contributed by atoms with van der Waals surface area (Å²) in [5.41, 5.74) is 0. The normalized spacial score (nSPS) is 12.0. The van der Waals surface area contributed by atoms with Crippen LogP contribution in [0.4, 0.5) is 0 Å². The molecule has 0 radical (unpaired) electrons. The van der Waals surface area contributed by atoms with Crippen LogP contribution in [0, 0.1) is 0 Å². The Hall–Kier alpha value is -2.82. The molecule has 2 nitrogen and oxygen atoms in total. The third kappa shape index (κ3) is 5.98. The largest absolute Gasteiger partial charge is 0.492 e. The predicted molar refractivity (Wildman–Crippen MR) is 187 cm³/mol. The van der Waals surface area contributed by atoms with Gasteiger partial charge in [-0.3, -0.25) is 0 Å². The van der Waals surface area contributed by atoms with Crippen molar-refractivity contribution in [1.82, 2.24) is 0 Å². The van der Waals surface area contributed by atoms with Gasteiger partial charge in [0.1, 0.15) is 5.75 Å². The maximum Gasteiger partial charge on any atom is 0.174 e. The highest BCUT2D eigenvalue weighted by Crippen LogP contribution is 2.51. The van der Waals surface area contributed by atoms with Crippen molar-refractivity contribution in [2.75, 3.05) is 13.2 Å². The summed E-state index contributed by atoms with van der Waals surface area (Å²) in [6.45, 7) is 6.13. The molecule has 4 heteroatoms. The van der Waals surface area contributed by atoms with Gasteiger partial charge >= 0.3 is 0 Å². The fourth-order valence-electron chi connectivity index (χ4n) is 6.43. The van der Waals surface area contributed by atoms with Crippen LogP contribution in [0.25, 0.3) is 52.5 Å².